The van der Waals surface area contributed by atoms with Crippen LogP contribution in [0.3, 0.4) is 0 Å². The standard InChI is InChI=1S/C19H23NO2/c1-22-18-10-7-15(8-11-18)19(21)13-20-17-9-6-14-4-2-3-5-16(14)12-17/h2-5,7-8,10-11,17,19-21H,6,9,12-13H2,1H3. The summed E-state index contributed by atoms with van der Waals surface area (Å²) < 4.78 is 5.14. The number of nitrogens with one attached hydrogen (secondary N) is 1. The van der Waals surface area contributed by atoms with Gasteiger partial charge in [-0.2, -0.15) is 0 Å². The number of methoxy groups -OCH3 is 1. The average Bonchev–Trinajstić information content (AvgIpc) is 2.59. The first-order valence-electron chi connectivity index (χ1n) is 7.88. The van der Waals surface area contributed by atoms with Crippen molar-refractivity contribution in [3.63, 3.8) is 0 Å². The number of aliphatic hydroxyl groups excluding tert-OH is 1. The number of hydrogen-bond acceptors (Lipinski definition) is 3. The topological polar surface area (TPSA) is 41.5 Å². The lowest BCUT2D eigenvalue weighted by atomic mass is 9.88. The maximum atomic E-state index is 10.3. The highest BCUT2D eigenvalue weighted by atomic mass is 16.5. The fourth-order valence-electron chi connectivity index (χ4n) is 3.09. The van der Waals surface area contributed by atoms with Crippen LogP contribution in [0.5, 0.6) is 5.75 Å². The second-order valence-electron chi connectivity index (χ2n) is 5.91. The van der Waals surface area contributed by atoms with Gasteiger partial charge < -0.3 is 15.2 Å². The Morgan fingerprint density at radius 3 is 2.59 bits per heavy atom. The molecule has 2 N–H and O–H groups in total. The molecule has 2 aromatic carbocycles. The van der Waals surface area contributed by atoms with E-state index < -0.39 is 6.10 Å². The van der Waals surface area contributed by atoms with Crippen molar-refractivity contribution in [3.8, 4) is 5.75 Å². The van der Waals surface area contributed by atoms with Crippen LogP contribution in [-0.2, 0) is 12.8 Å². The number of benzene rings is 2. The van der Waals surface area contributed by atoms with Crippen molar-refractivity contribution in [1.29, 1.82) is 0 Å². The minimum absolute atomic E-state index is 0.447. The molecule has 0 bridgehead atoms. The van der Waals surface area contributed by atoms with E-state index in [2.05, 4.69) is 29.6 Å². The Morgan fingerprint density at radius 1 is 1.14 bits per heavy atom. The smallest absolute Gasteiger partial charge is 0.118 e. The summed E-state index contributed by atoms with van der Waals surface area (Å²) in [5.74, 6) is 0.813. The highest BCUT2D eigenvalue weighted by Gasteiger charge is 2.18. The Balaban J connectivity index is 1.54. The van der Waals surface area contributed by atoms with Crippen molar-refractivity contribution < 1.29 is 9.84 Å². The summed E-state index contributed by atoms with van der Waals surface area (Å²) in [6.07, 6.45) is 2.81. The molecule has 1 aliphatic rings. The number of hydrogen-bond donors (Lipinski definition) is 2. The minimum atomic E-state index is -0.483. The first-order valence-corrected chi connectivity index (χ1v) is 7.88. The van der Waals surface area contributed by atoms with Crippen LogP contribution in [0.25, 0.3) is 0 Å². The van der Waals surface area contributed by atoms with Crippen molar-refractivity contribution >= 4 is 0 Å². The van der Waals surface area contributed by atoms with Crippen LogP contribution in [-0.4, -0.2) is 24.8 Å². The number of fused-ring (bicyclic) bond motifs is 1. The van der Waals surface area contributed by atoms with Crippen LogP contribution in [0.2, 0.25) is 0 Å². The Labute approximate surface area is 131 Å². The number of aryl methyl sites for hydroxylation is 1. The van der Waals surface area contributed by atoms with Gasteiger partial charge in [-0.1, -0.05) is 36.4 Å². The van der Waals surface area contributed by atoms with Crippen LogP contribution in [0.4, 0.5) is 0 Å². The highest BCUT2D eigenvalue weighted by Crippen LogP contribution is 2.22. The van der Waals surface area contributed by atoms with Crippen LogP contribution in [0.1, 0.15) is 29.2 Å². The van der Waals surface area contributed by atoms with E-state index in [1.54, 1.807) is 7.11 Å². The fraction of sp³-hybridized carbons (Fsp3) is 0.368. The van der Waals surface area contributed by atoms with Gasteiger partial charge >= 0.3 is 0 Å². The zero-order valence-electron chi connectivity index (χ0n) is 13.0. The Bertz CT molecular complexity index is 609. The summed E-state index contributed by atoms with van der Waals surface area (Å²) in [4.78, 5) is 0. The van der Waals surface area contributed by atoms with E-state index in [4.69, 9.17) is 4.74 Å². The number of ether oxygens (including phenoxy) is 1. The lowest BCUT2D eigenvalue weighted by Crippen LogP contribution is -2.37. The molecule has 2 unspecified atom stereocenters. The van der Waals surface area contributed by atoms with Gasteiger partial charge in [-0.15, -0.1) is 0 Å². The third-order valence-corrected chi connectivity index (χ3v) is 4.45. The van der Waals surface area contributed by atoms with Gasteiger partial charge in [-0.3, -0.25) is 0 Å². The summed E-state index contributed by atoms with van der Waals surface area (Å²) in [5.41, 5.74) is 3.82. The molecule has 3 heteroatoms. The molecular formula is C19H23NO2. The van der Waals surface area contributed by atoms with E-state index in [-0.39, 0.29) is 0 Å². The van der Waals surface area contributed by atoms with Crippen molar-refractivity contribution in [2.24, 2.45) is 0 Å². The van der Waals surface area contributed by atoms with Crippen LogP contribution >= 0.6 is 0 Å². The normalized spacial score (nSPS) is 18.5. The Morgan fingerprint density at radius 2 is 1.86 bits per heavy atom. The molecule has 2 aromatic rings. The van der Waals surface area contributed by atoms with E-state index in [0.29, 0.717) is 12.6 Å². The maximum Gasteiger partial charge on any atom is 0.118 e. The van der Waals surface area contributed by atoms with E-state index in [1.165, 1.54) is 11.1 Å². The summed E-state index contributed by atoms with van der Waals surface area (Å²) in [6.45, 7) is 0.583. The predicted molar refractivity (Wildman–Crippen MR) is 88.2 cm³/mol. The van der Waals surface area contributed by atoms with Gasteiger partial charge in [0.1, 0.15) is 5.75 Å². The number of rotatable bonds is 5. The van der Waals surface area contributed by atoms with Gasteiger partial charge in [0.15, 0.2) is 0 Å². The van der Waals surface area contributed by atoms with Crippen LogP contribution in [0, 0.1) is 0 Å². The van der Waals surface area contributed by atoms with Gasteiger partial charge in [-0.05, 0) is 48.1 Å². The van der Waals surface area contributed by atoms with Gasteiger partial charge in [0.2, 0.25) is 0 Å². The molecule has 0 amide bonds. The fourth-order valence-corrected chi connectivity index (χ4v) is 3.09. The molecular weight excluding hydrogens is 274 g/mol. The largest absolute Gasteiger partial charge is 0.497 e. The molecule has 3 rings (SSSR count). The molecule has 2 atom stereocenters. The molecule has 0 saturated heterocycles. The summed E-state index contributed by atoms with van der Waals surface area (Å²) in [6, 6.07) is 16.7. The SMILES string of the molecule is COc1ccc(C(O)CNC2CCc3ccccc3C2)cc1. The zero-order valence-corrected chi connectivity index (χ0v) is 13.0. The Kier molecular flexibility index (Phi) is 4.76. The monoisotopic (exact) mass is 297 g/mol. The van der Waals surface area contributed by atoms with Crippen LogP contribution < -0.4 is 10.1 Å². The molecule has 1 aliphatic carbocycles. The van der Waals surface area contributed by atoms with Crippen molar-refractivity contribution in [3.05, 3.63) is 65.2 Å². The summed E-state index contributed by atoms with van der Waals surface area (Å²) in [5, 5.41) is 13.8. The molecule has 0 heterocycles. The van der Waals surface area contributed by atoms with E-state index in [1.807, 2.05) is 24.3 Å². The quantitative estimate of drug-likeness (QED) is 0.891. The molecule has 0 radical (unpaired) electrons. The molecule has 116 valence electrons. The third-order valence-electron chi connectivity index (χ3n) is 4.45. The summed E-state index contributed by atoms with van der Waals surface area (Å²) in [7, 11) is 1.65. The van der Waals surface area contributed by atoms with E-state index in [0.717, 1.165) is 30.6 Å². The molecule has 0 saturated carbocycles. The molecule has 0 spiro atoms. The van der Waals surface area contributed by atoms with Crippen LogP contribution in [0.15, 0.2) is 48.5 Å². The lowest BCUT2D eigenvalue weighted by molar-refractivity contribution is 0.168. The molecule has 3 nitrogen and oxygen atoms in total. The van der Waals surface area contributed by atoms with Gasteiger partial charge in [0, 0.05) is 12.6 Å². The average molecular weight is 297 g/mol. The van der Waals surface area contributed by atoms with Gasteiger partial charge in [-0.25, -0.2) is 0 Å². The first-order chi connectivity index (χ1) is 10.8. The molecule has 0 aliphatic heterocycles. The molecule has 0 aromatic heterocycles. The van der Waals surface area contributed by atoms with E-state index >= 15 is 0 Å². The van der Waals surface area contributed by atoms with Crippen molar-refractivity contribution in [2.45, 2.75) is 31.4 Å². The summed E-state index contributed by atoms with van der Waals surface area (Å²) >= 11 is 0. The predicted octanol–water partition coefficient (Wildman–Crippen LogP) is 2.88. The number of aliphatic hydroxyl groups is 1. The van der Waals surface area contributed by atoms with E-state index in [9.17, 15) is 5.11 Å². The first kappa shape index (κ1) is 15.1. The third kappa shape index (κ3) is 3.49. The zero-order chi connectivity index (χ0) is 15.4. The highest BCUT2D eigenvalue weighted by molar-refractivity contribution is 5.31. The lowest BCUT2D eigenvalue weighted by Gasteiger charge is -2.26. The minimum Gasteiger partial charge on any atom is -0.497 e. The second-order valence-corrected chi connectivity index (χ2v) is 5.91. The second kappa shape index (κ2) is 6.95. The molecule has 22 heavy (non-hydrogen) atoms. The maximum absolute atomic E-state index is 10.3. The van der Waals surface area contributed by atoms with Gasteiger partial charge in [0.25, 0.3) is 0 Å². The van der Waals surface area contributed by atoms with Crippen molar-refractivity contribution in [2.75, 3.05) is 13.7 Å². The Hall–Kier alpha value is -1.84. The van der Waals surface area contributed by atoms with Crippen molar-refractivity contribution in [1.82, 2.24) is 5.32 Å². The molecule has 0 fully saturated rings. The van der Waals surface area contributed by atoms with Gasteiger partial charge in [0.05, 0.1) is 13.2 Å².